The van der Waals surface area contributed by atoms with Crippen LogP contribution in [0.25, 0.3) is 0 Å². The predicted octanol–water partition coefficient (Wildman–Crippen LogP) is 2.12. The van der Waals surface area contributed by atoms with E-state index in [1.54, 1.807) is 0 Å². The highest BCUT2D eigenvalue weighted by molar-refractivity contribution is 7.99. The van der Waals surface area contributed by atoms with Crippen molar-refractivity contribution in [2.24, 2.45) is 5.73 Å². The van der Waals surface area contributed by atoms with E-state index >= 15 is 0 Å². The van der Waals surface area contributed by atoms with E-state index in [-0.39, 0.29) is 11.6 Å². The van der Waals surface area contributed by atoms with Crippen LogP contribution < -0.4 is 11.3 Å². The molecule has 5 heteroatoms. The van der Waals surface area contributed by atoms with E-state index in [4.69, 9.17) is 5.73 Å². The van der Waals surface area contributed by atoms with Crippen molar-refractivity contribution in [3.05, 3.63) is 51.9 Å². The minimum atomic E-state index is -0.125. The van der Waals surface area contributed by atoms with Crippen LogP contribution in [0, 0.1) is 6.92 Å². The highest BCUT2D eigenvalue weighted by Crippen LogP contribution is 2.28. The molecule has 0 spiro atoms. The zero-order valence-corrected chi connectivity index (χ0v) is 11.8. The standard InChI is InChI=1S/C14H17N3OS/c1-9(15)7-11-5-3-4-6-12(11)19-14-16-10(2)8-13(18)17-14/h3-6,8-9H,7,15H2,1-2H3,(H,16,17,18). The summed E-state index contributed by atoms with van der Waals surface area (Å²) in [6.45, 7) is 3.79. The van der Waals surface area contributed by atoms with Crippen LogP contribution in [0.3, 0.4) is 0 Å². The van der Waals surface area contributed by atoms with Crippen LogP contribution in [0.2, 0.25) is 0 Å². The van der Waals surface area contributed by atoms with Crippen molar-refractivity contribution in [3.8, 4) is 0 Å². The summed E-state index contributed by atoms with van der Waals surface area (Å²) in [7, 11) is 0. The molecule has 2 aromatic rings. The first kappa shape index (κ1) is 13.8. The van der Waals surface area contributed by atoms with E-state index in [1.807, 2.05) is 32.0 Å². The minimum Gasteiger partial charge on any atom is -0.328 e. The summed E-state index contributed by atoms with van der Waals surface area (Å²) < 4.78 is 0. The Labute approximate surface area is 116 Å². The van der Waals surface area contributed by atoms with E-state index in [0.29, 0.717) is 5.16 Å². The molecule has 1 aromatic carbocycles. The normalized spacial score (nSPS) is 12.4. The number of hydrogen-bond donors (Lipinski definition) is 2. The van der Waals surface area contributed by atoms with Gasteiger partial charge in [0, 0.05) is 22.7 Å². The highest BCUT2D eigenvalue weighted by atomic mass is 32.2. The van der Waals surface area contributed by atoms with E-state index in [9.17, 15) is 4.79 Å². The summed E-state index contributed by atoms with van der Waals surface area (Å²) in [6.07, 6.45) is 0.805. The summed E-state index contributed by atoms with van der Waals surface area (Å²) in [5, 5.41) is 0.613. The van der Waals surface area contributed by atoms with Crippen LogP contribution in [0.4, 0.5) is 0 Å². The Morgan fingerprint density at radius 2 is 2.16 bits per heavy atom. The van der Waals surface area contributed by atoms with Crippen molar-refractivity contribution < 1.29 is 0 Å². The van der Waals surface area contributed by atoms with Gasteiger partial charge in [0.25, 0.3) is 5.56 Å². The van der Waals surface area contributed by atoms with Crippen LogP contribution in [0.1, 0.15) is 18.2 Å². The first-order chi connectivity index (χ1) is 9.04. The van der Waals surface area contributed by atoms with Crippen molar-refractivity contribution in [3.63, 3.8) is 0 Å². The molecule has 0 amide bonds. The maximum absolute atomic E-state index is 11.4. The molecule has 0 saturated heterocycles. The van der Waals surface area contributed by atoms with Crippen LogP contribution >= 0.6 is 11.8 Å². The molecule has 100 valence electrons. The maximum atomic E-state index is 11.4. The molecule has 0 bridgehead atoms. The van der Waals surface area contributed by atoms with Gasteiger partial charge in [0.15, 0.2) is 5.16 Å². The van der Waals surface area contributed by atoms with Gasteiger partial charge in [-0.05, 0) is 31.9 Å². The number of benzene rings is 1. The lowest BCUT2D eigenvalue weighted by Crippen LogP contribution is -2.18. The lowest BCUT2D eigenvalue weighted by atomic mass is 10.1. The second-order valence-electron chi connectivity index (χ2n) is 4.58. The van der Waals surface area contributed by atoms with Gasteiger partial charge in [-0.3, -0.25) is 4.79 Å². The lowest BCUT2D eigenvalue weighted by molar-refractivity contribution is 0.729. The summed E-state index contributed by atoms with van der Waals surface area (Å²) in [5.41, 5.74) is 7.62. The Kier molecular flexibility index (Phi) is 4.39. The Hall–Kier alpha value is -1.59. The summed E-state index contributed by atoms with van der Waals surface area (Å²) in [4.78, 5) is 19.6. The number of nitrogens with zero attached hydrogens (tertiary/aromatic N) is 1. The first-order valence-electron chi connectivity index (χ1n) is 6.14. The fraction of sp³-hybridized carbons (Fsp3) is 0.286. The van der Waals surface area contributed by atoms with Crippen molar-refractivity contribution in [1.82, 2.24) is 9.97 Å². The molecule has 0 fully saturated rings. The Morgan fingerprint density at radius 1 is 1.42 bits per heavy atom. The average molecular weight is 275 g/mol. The van der Waals surface area contributed by atoms with Gasteiger partial charge in [-0.1, -0.05) is 30.0 Å². The monoisotopic (exact) mass is 275 g/mol. The molecule has 3 N–H and O–H groups in total. The molecule has 1 unspecified atom stereocenters. The van der Waals surface area contributed by atoms with Crippen molar-refractivity contribution in [1.29, 1.82) is 0 Å². The van der Waals surface area contributed by atoms with Crippen LogP contribution in [0.5, 0.6) is 0 Å². The second-order valence-corrected chi connectivity index (χ2v) is 5.61. The number of aromatic amines is 1. The molecule has 0 aliphatic carbocycles. The van der Waals surface area contributed by atoms with E-state index in [0.717, 1.165) is 17.0 Å². The van der Waals surface area contributed by atoms with Crippen molar-refractivity contribution >= 4 is 11.8 Å². The third-order valence-electron chi connectivity index (χ3n) is 2.57. The van der Waals surface area contributed by atoms with Crippen molar-refractivity contribution in [2.45, 2.75) is 36.4 Å². The van der Waals surface area contributed by atoms with Gasteiger partial charge in [0.2, 0.25) is 0 Å². The van der Waals surface area contributed by atoms with Gasteiger partial charge in [-0.2, -0.15) is 0 Å². The molecule has 4 nitrogen and oxygen atoms in total. The van der Waals surface area contributed by atoms with Crippen molar-refractivity contribution in [2.75, 3.05) is 0 Å². The third-order valence-corrected chi connectivity index (χ3v) is 3.57. The predicted molar refractivity (Wildman–Crippen MR) is 77.5 cm³/mol. The van der Waals surface area contributed by atoms with Gasteiger partial charge in [0.05, 0.1) is 0 Å². The summed E-state index contributed by atoms with van der Waals surface area (Å²) in [6, 6.07) is 9.63. The lowest BCUT2D eigenvalue weighted by Gasteiger charge is -2.10. The smallest absolute Gasteiger partial charge is 0.251 e. The zero-order valence-electron chi connectivity index (χ0n) is 11.0. The number of aromatic nitrogens is 2. The summed E-state index contributed by atoms with van der Waals surface area (Å²) in [5.74, 6) is 0. The Bertz CT molecular complexity index is 622. The molecule has 1 heterocycles. The molecule has 1 atom stereocenters. The number of nitrogens with two attached hydrogens (primary N) is 1. The number of H-pyrrole nitrogens is 1. The average Bonchev–Trinajstić information content (AvgIpc) is 2.29. The zero-order chi connectivity index (χ0) is 13.8. The maximum Gasteiger partial charge on any atom is 0.251 e. The van der Waals surface area contributed by atoms with Crippen LogP contribution in [-0.2, 0) is 6.42 Å². The van der Waals surface area contributed by atoms with E-state index in [2.05, 4.69) is 16.0 Å². The van der Waals surface area contributed by atoms with Gasteiger partial charge in [0.1, 0.15) is 0 Å². The Morgan fingerprint density at radius 3 is 2.84 bits per heavy atom. The molecule has 2 rings (SSSR count). The fourth-order valence-corrected chi connectivity index (χ4v) is 2.80. The molecular weight excluding hydrogens is 258 g/mol. The molecule has 0 aliphatic heterocycles. The highest BCUT2D eigenvalue weighted by Gasteiger charge is 2.08. The molecule has 0 radical (unpaired) electrons. The Balaban J connectivity index is 2.30. The number of aryl methyl sites for hydroxylation is 1. The molecule has 0 saturated carbocycles. The molecule has 1 aromatic heterocycles. The van der Waals surface area contributed by atoms with Crippen LogP contribution in [-0.4, -0.2) is 16.0 Å². The SMILES string of the molecule is Cc1cc(=O)[nH]c(Sc2ccccc2CC(C)N)n1. The second kappa shape index (κ2) is 6.04. The van der Waals surface area contributed by atoms with E-state index in [1.165, 1.54) is 23.4 Å². The largest absolute Gasteiger partial charge is 0.328 e. The number of rotatable bonds is 4. The van der Waals surface area contributed by atoms with Gasteiger partial charge in [-0.15, -0.1) is 0 Å². The number of nitrogens with one attached hydrogen (secondary N) is 1. The molecule has 19 heavy (non-hydrogen) atoms. The topological polar surface area (TPSA) is 71.8 Å². The van der Waals surface area contributed by atoms with Gasteiger partial charge >= 0.3 is 0 Å². The van der Waals surface area contributed by atoms with Crippen LogP contribution in [0.15, 0.2) is 45.2 Å². The number of hydrogen-bond acceptors (Lipinski definition) is 4. The molecular formula is C14H17N3OS. The van der Waals surface area contributed by atoms with Gasteiger partial charge < -0.3 is 10.7 Å². The summed E-state index contributed by atoms with van der Waals surface area (Å²) >= 11 is 1.46. The fourth-order valence-electron chi connectivity index (χ4n) is 1.82. The van der Waals surface area contributed by atoms with Gasteiger partial charge in [-0.25, -0.2) is 4.98 Å². The molecule has 0 aliphatic rings. The van der Waals surface area contributed by atoms with E-state index < -0.39 is 0 Å². The third kappa shape index (κ3) is 3.94. The quantitative estimate of drug-likeness (QED) is 0.838. The minimum absolute atomic E-state index is 0.103. The first-order valence-corrected chi connectivity index (χ1v) is 6.95.